The third-order valence-electron chi connectivity index (χ3n) is 6.88. The van der Waals surface area contributed by atoms with Gasteiger partial charge in [0.05, 0.1) is 7.11 Å². The second kappa shape index (κ2) is 7.13. The van der Waals surface area contributed by atoms with Crippen LogP contribution in [-0.4, -0.2) is 48.7 Å². The van der Waals surface area contributed by atoms with E-state index in [1.165, 1.54) is 7.11 Å². The molecule has 2 fully saturated rings. The Morgan fingerprint density at radius 2 is 1.50 bits per heavy atom. The summed E-state index contributed by atoms with van der Waals surface area (Å²) in [6.07, 6.45) is 2.93. The normalized spacial score (nSPS) is 27.5. The predicted octanol–water partition coefficient (Wildman–Crippen LogP) is 3.64. The summed E-state index contributed by atoms with van der Waals surface area (Å²) in [4.78, 5) is 28.8. The Morgan fingerprint density at radius 1 is 0.967 bits per heavy atom. The molecule has 0 N–H and O–H groups in total. The number of carbonyl (C=O) groups excluding carboxylic acids is 2. The molecule has 3 aliphatic heterocycles. The van der Waals surface area contributed by atoms with Gasteiger partial charge in [0.15, 0.2) is 0 Å². The molecule has 0 aliphatic carbocycles. The molecule has 1 unspecified atom stereocenters. The first-order valence-corrected chi connectivity index (χ1v) is 10.4. The fourth-order valence-corrected chi connectivity index (χ4v) is 5.32. The van der Waals surface area contributed by atoms with Crippen LogP contribution >= 0.6 is 0 Å². The van der Waals surface area contributed by atoms with Gasteiger partial charge >= 0.3 is 11.9 Å². The van der Waals surface area contributed by atoms with E-state index in [1.54, 1.807) is 0 Å². The number of para-hydroxylation sites is 2. The summed E-state index contributed by atoms with van der Waals surface area (Å²) in [5, 5.41) is 0. The smallest absolute Gasteiger partial charge is 0.350 e. The molecule has 6 nitrogen and oxygen atoms in total. The molecule has 2 bridgehead atoms. The summed E-state index contributed by atoms with van der Waals surface area (Å²) >= 11 is 0. The quantitative estimate of drug-likeness (QED) is 0.724. The number of methoxy groups -OCH3 is 1. The summed E-state index contributed by atoms with van der Waals surface area (Å²) in [7, 11) is 3.44. The minimum atomic E-state index is -1.24. The minimum absolute atomic E-state index is 0.213. The maximum absolute atomic E-state index is 13.6. The number of rotatable bonds is 3. The van der Waals surface area contributed by atoms with Gasteiger partial charge < -0.3 is 19.1 Å². The lowest BCUT2D eigenvalue weighted by Gasteiger charge is -2.43. The number of carbonyl (C=O) groups is 2. The first-order chi connectivity index (χ1) is 14.5. The molecule has 2 aromatic carbocycles. The van der Waals surface area contributed by atoms with Gasteiger partial charge in [0.25, 0.3) is 0 Å². The van der Waals surface area contributed by atoms with Crippen LogP contribution in [-0.2, 0) is 19.1 Å². The van der Waals surface area contributed by atoms with Crippen LogP contribution in [0, 0.1) is 0 Å². The molecule has 3 atom stereocenters. The minimum Gasteiger partial charge on any atom is -0.466 e. The third kappa shape index (κ3) is 2.89. The molecule has 0 saturated carbocycles. The number of fused-ring (bicyclic) bond motifs is 4. The van der Waals surface area contributed by atoms with Crippen molar-refractivity contribution in [3.05, 3.63) is 59.7 Å². The Bertz CT molecular complexity index is 943. The lowest BCUT2D eigenvalue weighted by Crippen LogP contribution is -2.56. The predicted molar refractivity (Wildman–Crippen MR) is 109 cm³/mol. The topological polar surface area (TPSA) is 65.1 Å². The van der Waals surface area contributed by atoms with E-state index in [0.717, 1.165) is 24.0 Å². The molecule has 0 radical (unpaired) electrons. The lowest BCUT2D eigenvalue weighted by atomic mass is 9.84. The van der Waals surface area contributed by atoms with Gasteiger partial charge in [-0.15, -0.1) is 0 Å². The fraction of sp³-hybridized carbons (Fsp3) is 0.417. The second-order valence-electron chi connectivity index (χ2n) is 8.48. The van der Waals surface area contributed by atoms with Gasteiger partial charge in [-0.3, -0.25) is 4.79 Å². The van der Waals surface area contributed by atoms with E-state index < -0.39 is 23.5 Å². The van der Waals surface area contributed by atoms with Crippen molar-refractivity contribution in [2.24, 2.45) is 0 Å². The highest BCUT2D eigenvalue weighted by Gasteiger charge is 2.55. The van der Waals surface area contributed by atoms with Gasteiger partial charge in [0.2, 0.25) is 5.60 Å². The van der Waals surface area contributed by atoms with Crippen LogP contribution in [0.4, 0.5) is 0 Å². The summed E-state index contributed by atoms with van der Waals surface area (Å²) in [5.41, 5.74) is 0.251. The maximum atomic E-state index is 13.6. The molecular formula is C24H25NO5. The molecule has 3 heterocycles. The van der Waals surface area contributed by atoms with Crippen molar-refractivity contribution in [3.8, 4) is 11.5 Å². The first-order valence-electron chi connectivity index (χ1n) is 10.4. The number of hydrogen-bond acceptors (Lipinski definition) is 6. The monoisotopic (exact) mass is 407 g/mol. The van der Waals surface area contributed by atoms with Crippen molar-refractivity contribution in [1.82, 2.24) is 4.90 Å². The van der Waals surface area contributed by atoms with Crippen molar-refractivity contribution in [2.45, 2.75) is 49.3 Å². The van der Waals surface area contributed by atoms with Gasteiger partial charge in [-0.05, 0) is 32.0 Å². The third-order valence-corrected chi connectivity index (χ3v) is 6.88. The Labute approximate surface area is 175 Å². The highest BCUT2D eigenvalue weighted by atomic mass is 16.6. The number of benzene rings is 2. The van der Waals surface area contributed by atoms with Gasteiger partial charge in [-0.25, -0.2) is 4.79 Å². The van der Waals surface area contributed by atoms with E-state index in [-0.39, 0.29) is 12.1 Å². The fourth-order valence-electron chi connectivity index (χ4n) is 5.32. The largest absolute Gasteiger partial charge is 0.466 e. The van der Waals surface area contributed by atoms with Gasteiger partial charge in [-0.1, -0.05) is 36.4 Å². The number of nitrogens with zero attached hydrogens (tertiary/aromatic N) is 1. The van der Waals surface area contributed by atoms with Crippen molar-refractivity contribution in [2.75, 3.05) is 14.2 Å². The molecule has 3 aliphatic rings. The highest BCUT2D eigenvalue weighted by Crippen LogP contribution is 2.47. The number of piperidine rings is 1. The Hall–Kier alpha value is -2.86. The van der Waals surface area contributed by atoms with Crippen LogP contribution < -0.4 is 4.74 Å². The van der Waals surface area contributed by atoms with E-state index in [1.807, 2.05) is 48.5 Å². The average Bonchev–Trinajstić information content (AvgIpc) is 2.98. The number of esters is 2. The van der Waals surface area contributed by atoms with E-state index in [2.05, 4.69) is 11.9 Å². The van der Waals surface area contributed by atoms with E-state index in [9.17, 15) is 9.59 Å². The van der Waals surface area contributed by atoms with Crippen molar-refractivity contribution < 1.29 is 23.8 Å². The van der Waals surface area contributed by atoms with Gasteiger partial charge in [0, 0.05) is 36.1 Å². The second-order valence-corrected chi connectivity index (χ2v) is 8.48. The Balaban J connectivity index is 1.52. The van der Waals surface area contributed by atoms with Crippen LogP contribution in [0.1, 0.15) is 42.7 Å². The maximum Gasteiger partial charge on any atom is 0.350 e. The van der Waals surface area contributed by atoms with Crippen LogP contribution in [0.25, 0.3) is 0 Å². The van der Waals surface area contributed by atoms with Gasteiger partial charge in [-0.2, -0.15) is 0 Å². The molecular weight excluding hydrogens is 382 g/mol. The zero-order valence-corrected chi connectivity index (χ0v) is 17.2. The Kier molecular flexibility index (Phi) is 4.54. The van der Waals surface area contributed by atoms with Crippen LogP contribution in [0.15, 0.2) is 48.5 Å². The summed E-state index contributed by atoms with van der Waals surface area (Å²) in [6.45, 7) is 0. The summed E-state index contributed by atoms with van der Waals surface area (Å²) in [5.74, 6) is -0.283. The lowest BCUT2D eigenvalue weighted by molar-refractivity contribution is -0.190. The molecule has 6 heteroatoms. The Morgan fingerprint density at radius 3 is 2.03 bits per heavy atom. The SMILES string of the molecule is COC(=O)C1(OC(=O)C2c3ccccc3Oc3ccccc32)C[C@H]2CC[C@@H](C1)N2C. The van der Waals surface area contributed by atoms with Crippen molar-refractivity contribution >= 4 is 11.9 Å². The molecule has 0 aromatic heterocycles. The summed E-state index contributed by atoms with van der Waals surface area (Å²) < 4.78 is 17.2. The molecule has 0 spiro atoms. The van der Waals surface area contributed by atoms with Crippen molar-refractivity contribution in [3.63, 3.8) is 0 Å². The molecule has 2 saturated heterocycles. The first kappa shape index (κ1) is 19.1. The van der Waals surface area contributed by atoms with Crippen LogP contribution in [0.5, 0.6) is 11.5 Å². The van der Waals surface area contributed by atoms with Crippen molar-refractivity contribution in [1.29, 1.82) is 0 Å². The van der Waals surface area contributed by atoms with E-state index in [4.69, 9.17) is 14.2 Å². The van der Waals surface area contributed by atoms with Gasteiger partial charge in [0.1, 0.15) is 17.4 Å². The zero-order chi connectivity index (χ0) is 20.9. The molecule has 156 valence electrons. The van der Waals surface area contributed by atoms with E-state index >= 15 is 0 Å². The number of hydrogen-bond donors (Lipinski definition) is 0. The average molecular weight is 407 g/mol. The van der Waals surface area contributed by atoms with E-state index in [0.29, 0.717) is 24.3 Å². The molecule has 0 amide bonds. The van der Waals surface area contributed by atoms with Crippen LogP contribution in [0.2, 0.25) is 0 Å². The standard InChI is InChI=1S/C24H25NO5/c1-25-15-11-12-16(25)14-24(13-15,23(27)28-2)30-22(26)21-17-7-3-5-9-19(17)29-20-10-6-4-8-18(20)21/h3-10,15-16,21H,11-14H2,1-2H3/t15-,16+,24?. The molecule has 5 rings (SSSR count). The number of ether oxygens (including phenoxy) is 3. The van der Waals surface area contributed by atoms with Crippen LogP contribution in [0.3, 0.4) is 0 Å². The highest BCUT2D eigenvalue weighted by molar-refractivity contribution is 5.89. The zero-order valence-electron chi connectivity index (χ0n) is 17.2. The summed E-state index contributed by atoms with van der Waals surface area (Å²) in [6, 6.07) is 15.4. The molecule has 30 heavy (non-hydrogen) atoms. The molecule has 2 aromatic rings.